The van der Waals surface area contributed by atoms with E-state index < -0.39 is 0 Å². The summed E-state index contributed by atoms with van der Waals surface area (Å²) in [4.78, 5) is 2.63. The van der Waals surface area contributed by atoms with Crippen molar-refractivity contribution in [1.82, 2.24) is 4.90 Å². The average Bonchev–Trinajstić information content (AvgIpc) is 2.94. The summed E-state index contributed by atoms with van der Waals surface area (Å²) in [6, 6.07) is 0.767. The summed E-state index contributed by atoms with van der Waals surface area (Å²) in [6.45, 7) is 8.37. The zero-order valence-electron chi connectivity index (χ0n) is 28.4. The Hall–Kier alpha value is -0.0400. The molecule has 0 aliphatic rings. The van der Waals surface area contributed by atoms with Gasteiger partial charge in [-0.15, -0.1) is 0 Å². The van der Waals surface area contributed by atoms with Crippen LogP contribution in [0.4, 0.5) is 0 Å². The molecular formula is C38H79N. The number of unbranched alkanes of at least 4 members (excludes halogenated alkanes) is 29. The fourth-order valence-electron chi connectivity index (χ4n) is 6.16. The van der Waals surface area contributed by atoms with Gasteiger partial charge in [-0.25, -0.2) is 0 Å². The van der Waals surface area contributed by atoms with E-state index in [1.807, 2.05) is 0 Å². The maximum absolute atomic E-state index is 2.63. The quantitative estimate of drug-likeness (QED) is 0.0721. The first-order valence-corrected chi connectivity index (χ1v) is 18.9. The lowest BCUT2D eigenvalue weighted by atomic mass is 10.0. The molecule has 0 saturated heterocycles. The third-order valence-corrected chi connectivity index (χ3v) is 9.34. The molecule has 0 heterocycles. The summed E-state index contributed by atoms with van der Waals surface area (Å²) in [5.74, 6) is 0. The lowest BCUT2D eigenvalue weighted by molar-refractivity contribution is 0.236. The largest absolute Gasteiger partial charge is 0.304 e. The molecule has 0 amide bonds. The standard InChI is InChI=1S/C38H79N/c1-5-7-9-11-13-15-17-19-21-23-25-27-29-31-33-35-37-39(4)38(3)36-34-32-30-28-26-24-22-20-18-16-14-12-10-8-6-2/h38H,5-37H2,1-4H3. The maximum Gasteiger partial charge on any atom is 0.00638 e. The van der Waals surface area contributed by atoms with Crippen LogP contribution in [0.25, 0.3) is 0 Å². The molecule has 1 nitrogen and oxygen atoms in total. The zero-order chi connectivity index (χ0) is 28.5. The van der Waals surface area contributed by atoms with E-state index in [0.717, 1.165) is 6.04 Å². The van der Waals surface area contributed by atoms with Crippen molar-refractivity contribution in [3.63, 3.8) is 0 Å². The Morgan fingerprint density at radius 3 is 0.846 bits per heavy atom. The van der Waals surface area contributed by atoms with E-state index in [0.29, 0.717) is 0 Å². The van der Waals surface area contributed by atoms with Crippen molar-refractivity contribution in [3.05, 3.63) is 0 Å². The second kappa shape index (κ2) is 34.2. The summed E-state index contributed by atoms with van der Waals surface area (Å²) in [7, 11) is 2.36. The van der Waals surface area contributed by atoms with Crippen LogP contribution in [0.15, 0.2) is 0 Å². The van der Waals surface area contributed by atoms with Gasteiger partial charge in [0.1, 0.15) is 0 Å². The van der Waals surface area contributed by atoms with Gasteiger partial charge in [-0.2, -0.15) is 0 Å². The summed E-state index contributed by atoms with van der Waals surface area (Å²) in [6.07, 6.45) is 46.7. The molecule has 1 unspecified atom stereocenters. The molecular weight excluding hydrogens is 470 g/mol. The minimum absolute atomic E-state index is 0.767. The Kier molecular flexibility index (Phi) is 34.1. The molecule has 0 bridgehead atoms. The monoisotopic (exact) mass is 550 g/mol. The summed E-state index contributed by atoms with van der Waals surface area (Å²) in [5, 5.41) is 0. The number of hydrogen-bond acceptors (Lipinski definition) is 1. The molecule has 1 atom stereocenters. The van der Waals surface area contributed by atoms with E-state index >= 15 is 0 Å². The SMILES string of the molecule is CCCCCCCCCCCCCCCCCCN(C)C(C)CCCCCCCCCCCCCCCCC. The Morgan fingerprint density at radius 1 is 0.333 bits per heavy atom. The summed E-state index contributed by atoms with van der Waals surface area (Å²) in [5.41, 5.74) is 0. The predicted octanol–water partition coefficient (Wildman–Crippen LogP) is 13.8. The summed E-state index contributed by atoms with van der Waals surface area (Å²) >= 11 is 0. The average molecular weight is 550 g/mol. The highest BCUT2D eigenvalue weighted by Gasteiger charge is 2.08. The van der Waals surface area contributed by atoms with Gasteiger partial charge in [-0.05, 0) is 33.4 Å². The van der Waals surface area contributed by atoms with E-state index in [1.54, 1.807) is 0 Å². The first-order chi connectivity index (χ1) is 19.2. The predicted molar refractivity (Wildman–Crippen MR) is 181 cm³/mol. The lowest BCUT2D eigenvalue weighted by Crippen LogP contribution is -2.29. The Morgan fingerprint density at radius 2 is 0.564 bits per heavy atom. The second-order valence-corrected chi connectivity index (χ2v) is 13.4. The van der Waals surface area contributed by atoms with E-state index in [-0.39, 0.29) is 0 Å². The van der Waals surface area contributed by atoms with Crippen molar-refractivity contribution in [2.75, 3.05) is 13.6 Å². The Balaban J connectivity index is 3.26. The van der Waals surface area contributed by atoms with Gasteiger partial charge in [-0.1, -0.05) is 206 Å². The highest BCUT2D eigenvalue weighted by Crippen LogP contribution is 2.16. The fourth-order valence-corrected chi connectivity index (χ4v) is 6.16. The van der Waals surface area contributed by atoms with E-state index in [4.69, 9.17) is 0 Å². The molecule has 0 aromatic carbocycles. The van der Waals surface area contributed by atoms with Gasteiger partial charge in [0.05, 0.1) is 0 Å². The molecule has 1 heteroatoms. The number of nitrogens with zero attached hydrogens (tertiary/aromatic N) is 1. The Bertz CT molecular complexity index is 419. The van der Waals surface area contributed by atoms with Gasteiger partial charge in [0.25, 0.3) is 0 Å². The molecule has 0 rings (SSSR count). The molecule has 0 saturated carbocycles. The van der Waals surface area contributed by atoms with Gasteiger partial charge in [0.2, 0.25) is 0 Å². The van der Waals surface area contributed by atoms with Gasteiger partial charge in [0.15, 0.2) is 0 Å². The van der Waals surface area contributed by atoms with Gasteiger partial charge in [-0.3, -0.25) is 0 Å². The van der Waals surface area contributed by atoms with E-state index in [2.05, 4.69) is 32.7 Å². The molecule has 0 aliphatic heterocycles. The molecule has 0 spiro atoms. The van der Waals surface area contributed by atoms with Crippen LogP contribution in [-0.4, -0.2) is 24.5 Å². The molecule has 236 valence electrons. The van der Waals surface area contributed by atoms with Crippen molar-refractivity contribution < 1.29 is 0 Å². The first kappa shape index (κ1) is 39.0. The van der Waals surface area contributed by atoms with Crippen LogP contribution < -0.4 is 0 Å². The van der Waals surface area contributed by atoms with Crippen LogP contribution in [0, 0.1) is 0 Å². The molecule has 0 aliphatic carbocycles. The smallest absolute Gasteiger partial charge is 0.00638 e. The molecule has 0 aromatic rings. The van der Waals surface area contributed by atoms with Gasteiger partial charge >= 0.3 is 0 Å². The lowest BCUT2D eigenvalue weighted by Gasteiger charge is -2.24. The van der Waals surface area contributed by atoms with Crippen LogP contribution in [0.1, 0.15) is 226 Å². The molecule has 0 N–H and O–H groups in total. The van der Waals surface area contributed by atoms with E-state index in [9.17, 15) is 0 Å². The minimum atomic E-state index is 0.767. The molecule has 39 heavy (non-hydrogen) atoms. The van der Waals surface area contributed by atoms with Crippen molar-refractivity contribution in [2.45, 2.75) is 232 Å². The summed E-state index contributed by atoms with van der Waals surface area (Å²) < 4.78 is 0. The number of hydrogen-bond donors (Lipinski definition) is 0. The third-order valence-electron chi connectivity index (χ3n) is 9.34. The second-order valence-electron chi connectivity index (χ2n) is 13.4. The van der Waals surface area contributed by atoms with Gasteiger partial charge in [0, 0.05) is 6.04 Å². The molecule has 0 aromatic heterocycles. The normalized spacial score (nSPS) is 12.5. The first-order valence-electron chi connectivity index (χ1n) is 18.9. The number of rotatable bonds is 34. The van der Waals surface area contributed by atoms with E-state index in [1.165, 1.54) is 212 Å². The van der Waals surface area contributed by atoms with Crippen LogP contribution >= 0.6 is 0 Å². The Labute approximate surface area is 250 Å². The zero-order valence-corrected chi connectivity index (χ0v) is 28.4. The highest BCUT2D eigenvalue weighted by molar-refractivity contribution is 4.64. The van der Waals surface area contributed by atoms with Crippen LogP contribution in [0.5, 0.6) is 0 Å². The van der Waals surface area contributed by atoms with Crippen molar-refractivity contribution in [2.24, 2.45) is 0 Å². The topological polar surface area (TPSA) is 3.24 Å². The van der Waals surface area contributed by atoms with Crippen molar-refractivity contribution in [3.8, 4) is 0 Å². The van der Waals surface area contributed by atoms with Crippen LogP contribution in [-0.2, 0) is 0 Å². The highest BCUT2D eigenvalue weighted by atomic mass is 15.1. The van der Waals surface area contributed by atoms with Crippen molar-refractivity contribution in [1.29, 1.82) is 0 Å². The maximum atomic E-state index is 2.63. The molecule has 0 radical (unpaired) electrons. The van der Waals surface area contributed by atoms with Crippen LogP contribution in [0.3, 0.4) is 0 Å². The van der Waals surface area contributed by atoms with Gasteiger partial charge < -0.3 is 4.90 Å². The third kappa shape index (κ3) is 32.3. The minimum Gasteiger partial charge on any atom is -0.304 e. The molecule has 0 fully saturated rings. The van der Waals surface area contributed by atoms with Crippen molar-refractivity contribution >= 4 is 0 Å². The fraction of sp³-hybridized carbons (Fsp3) is 1.00. The van der Waals surface area contributed by atoms with Crippen LogP contribution in [0.2, 0.25) is 0 Å².